The Kier molecular flexibility index (Phi) is 8.80. The van der Waals surface area contributed by atoms with E-state index in [4.69, 9.17) is 4.74 Å². The summed E-state index contributed by atoms with van der Waals surface area (Å²) in [4.78, 5) is 35.7. The lowest BCUT2D eigenvalue weighted by molar-refractivity contribution is -0.116. The smallest absolute Gasteiger partial charge is 0.411 e. The Morgan fingerprint density at radius 1 is 1.00 bits per heavy atom. The summed E-state index contributed by atoms with van der Waals surface area (Å²) in [6, 6.07) is 12.0. The minimum atomic E-state index is -0.552. The van der Waals surface area contributed by atoms with Crippen LogP contribution in [-0.4, -0.2) is 31.1 Å². The maximum absolute atomic E-state index is 12.9. The van der Waals surface area contributed by atoms with E-state index in [1.807, 2.05) is 13.8 Å². The van der Waals surface area contributed by atoms with Crippen LogP contribution >= 0.6 is 0 Å². The molecule has 3 N–H and O–H groups in total. The van der Waals surface area contributed by atoms with Crippen molar-refractivity contribution in [2.24, 2.45) is 5.92 Å². The highest BCUT2D eigenvalue weighted by molar-refractivity contribution is 5.94. The Labute approximate surface area is 175 Å². The van der Waals surface area contributed by atoms with Crippen molar-refractivity contribution in [2.45, 2.75) is 26.7 Å². The molecule has 8 heteroatoms. The lowest BCUT2D eigenvalue weighted by atomic mass is 10.2. The van der Waals surface area contributed by atoms with Crippen molar-refractivity contribution in [3.8, 4) is 0 Å². The van der Waals surface area contributed by atoms with Crippen molar-refractivity contribution in [2.75, 3.05) is 23.8 Å². The molecule has 0 saturated carbocycles. The van der Waals surface area contributed by atoms with Crippen molar-refractivity contribution in [3.05, 3.63) is 59.9 Å². The average Bonchev–Trinajstić information content (AvgIpc) is 2.70. The van der Waals surface area contributed by atoms with Crippen molar-refractivity contribution < 1.29 is 23.5 Å². The third-order valence-electron chi connectivity index (χ3n) is 3.91. The van der Waals surface area contributed by atoms with Crippen molar-refractivity contribution in [1.29, 1.82) is 0 Å². The summed E-state index contributed by atoms with van der Waals surface area (Å²) < 4.78 is 17.9. The van der Waals surface area contributed by atoms with E-state index in [0.29, 0.717) is 36.5 Å². The molecule has 0 unspecified atom stereocenters. The van der Waals surface area contributed by atoms with Crippen LogP contribution in [0.2, 0.25) is 0 Å². The number of nitrogens with one attached hydrogen (secondary N) is 3. The molecule has 3 amide bonds. The van der Waals surface area contributed by atoms with Crippen LogP contribution in [0, 0.1) is 11.7 Å². The summed E-state index contributed by atoms with van der Waals surface area (Å²) in [5.74, 6) is -0.708. The maximum Gasteiger partial charge on any atom is 0.411 e. The lowest BCUT2D eigenvalue weighted by Gasteiger charge is -2.10. The van der Waals surface area contributed by atoms with Gasteiger partial charge in [0, 0.05) is 29.9 Å². The van der Waals surface area contributed by atoms with Crippen LogP contribution in [0.4, 0.5) is 20.6 Å². The quantitative estimate of drug-likeness (QED) is 0.535. The van der Waals surface area contributed by atoms with Gasteiger partial charge in [0.1, 0.15) is 5.82 Å². The predicted molar refractivity (Wildman–Crippen MR) is 113 cm³/mol. The maximum atomic E-state index is 12.9. The summed E-state index contributed by atoms with van der Waals surface area (Å²) in [5.41, 5.74) is 1.40. The Morgan fingerprint density at radius 3 is 2.33 bits per heavy atom. The highest BCUT2D eigenvalue weighted by atomic mass is 19.1. The lowest BCUT2D eigenvalue weighted by Crippen LogP contribution is -2.25. The molecule has 2 aromatic rings. The fourth-order valence-electron chi connectivity index (χ4n) is 2.45. The van der Waals surface area contributed by atoms with Gasteiger partial charge in [-0.3, -0.25) is 14.9 Å². The van der Waals surface area contributed by atoms with E-state index >= 15 is 0 Å². The molecule has 0 saturated heterocycles. The van der Waals surface area contributed by atoms with Gasteiger partial charge in [-0.2, -0.15) is 0 Å². The molecule has 0 spiro atoms. The van der Waals surface area contributed by atoms with Crippen LogP contribution in [-0.2, 0) is 9.53 Å². The van der Waals surface area contributed by atoms with E-state index in [2.05, 4.69) is 16.0 Å². The van der Waals surface area contributed by atoms with E-state index in [1.165, 1.54) is 24.3 Å². The highest BCUT2D eigenvalue weighted by Crippen LogP contribution is 2.16. The molecule has 2 aromatic carbocycles. The van der Waals surface area contributed by atoms with E-state index < -0.39 is 11.9 Å². The number of rotatable bonds is 9. The van der Waals surface area contributed by atoms with Crippen LogP contribution in [0.1, 0.15) is 37.0 Å². The SMILES string of the molecule is CC(C)COC(=O)Nc1cccc(NC(=O)CCCNC(=O)c2ccc(F)cc2)c1. The second-order valence-corrected chi connectivity index (χ2v) is 7.11. The largest absolute Gasteiger partial charge is 0.449 e. The van der Waals surface area contributed by atoms with Crippen LogP contribution in [0.5, 0.6) is 0 Å². The van der Waals surface area contributed by atoms with Gasteiger partial charge in [0.05, 0.1) is 6.61 Å². The number of halogens is 1. The zero-order valence-corrected chi connectivity index (χ0v) is 17.0. The Balaban J connectivity index is 1.72. The molecule has 160 valence electrons. The summed E-state index contributed by atoms with van der Waals surface area (Å²) >= 11 is 0. The molecule has 0 atom stereocenters. The third kappa shape index (κ3) is 8.30. The number of carbonyl (C=O) groups excluding carboxylic acids is 3. The van der Waals surface area contributed by atoms with Gasteiger partial charge in [-0.15, -0.1) is 0 Å². The first-order chi connectivity index (χ1) is 14.3. The van der Waals surface area contributed by atoms with Crippen LogP contribution in [0.3, 0.4) is 0 Å². The molecule has 0 aromatic heterocycles. The van der Waals surface area contributed by atoms with Gasteiger partial charge >= 0.3 is 6.09 Å². The molecule has 0 heterocycles. The topological polar surface area (TPSA) is 96.5 Å². The first-order valence-electron chi connectivity index (χ1n) is 9.71. The molecule has 0 aliphatic heterocycles. The minimum Gasteiger partial charge on any atom is -0.449 e. The fraction of sp³-hybridized carbons (Fsp3) is 0.318. The fourth-order valence-corrected chi connectivity index (χ4v) is 2.45. The van der Waals surface area contributed by atoms with E-state index in [0.717, 1.165) is 0 Å². The minimum absolute atomic E-state index is 0.206. The number of benzene rings is 2. The van der Waals surface area contributed by atoms with Gasteiger partial charge in [0.15, 0.2) is 0 Å². The zero-order valence-electron chi connectivity index (χ0n) is 17.0. The van der Waals surface area contributed by atoms with Crippen molar-refractivity contribution in [3.63, 3.8) is 0 Å². The summed E-state index contributed by atoms with van der Waals surface area (Å²) in [6.45, 7) is 4.52. The number of carbonyl (C=O) groups is 3. The molecule has 0 radical (unpaired) electrons. The van der Waals surface area contributed by atoms with E-state index in [1.54, 1.807) is 24.3 Å². The van der Waals surface area contributed by atoms with Gasteiger partial charge < -0.3 is 15.4 Å². The first kappa shape index (κ1) is 22.9. The van der Waals surface area contributed by atoms with Gasteiger partial charge in [-0.05, 0) is 54.8 Å². The van der Waals surface area contributed by atoms with Crippen LogP contribution in [0.15, 0.2) is 48.5 Å². The van der Waals surface area contributed by atoms with E-state index in [-0.39, 0.29) is 24.2 Å². The van der Waals surface area contributed by atoms with Crippen molar-refractivity contribution in [1.82, 2.24) is 5.32 Å². The zero-order chi connectivity index (χ0) is 21.9. The molecule has 0 aliphatic rings. The van der Waals surface area contributed by atoms with Gasteiger partial charge in [-0.1, -0.05) is 19.9 Å². The van der Waals surface area contributed by atoms with Gasteiger partial charge in [-0.25, -0.2) is 9.18 Å². The molecule has 7 nitrogen and oxygen atoms in total. The monoisotopic (exact) mass is 415 g/mol. The molecular weight excluding hydrogens is 389 g/mol. The highest BCUT2D eigenvalue weighted by Gasteiger charge is 2.08. The normalized spacial score (nSPS) is 10.4. The third-order valence-corrected chi connectivity index (χ3v) is 3.91. The van der Waals surface area contributed by atoms with Crippen LogP contribution in [0.25, 0.3) is 0 Å². The Morgan fingerprint density at radius 2 is 1.67 bits per heavy atom. The van der Waals surface area contributed by atoms with Crippen LogP contribution < -0.4 is 16.0 Å². The molecular formula is C22H26FN3O4. The van der Waals surface area contributed by atoms with E-state index in [9.17, 15) is 18.8 Å². The number of amides is 3. The average molecular weight is 415 g/mol. The number of hydrogen-bond donors (Lipinski definition) is 3. The Hall–Kier alpha value is -3.42. The molecule has 0 bridgehead atoms. The number of ether oxygens (including phenoxy) is 1. The number of hydrogen-bond acceptors (Lipinski definition) is 4. The molecule has 2 rings (SSSR count). The second kappa shape index (κ2) is 11.5. The molecule has 0 aliphatic carbocycles. The first-order valence-corrected chi connectivity index (χ1v) is 9.71. The standard InChI is InChI=1S/C22H26FN3O4/c1-15(2)14-30-22(29)26-19-6-3-5-18(13-19)25-20(27)7-4-12-24-21(28)16-8-10-17(23)11-9-16/h3,5-6,8-11,13,15H,4,7,12,14H2,1-2H3,(H,24,28)(H,25,27)(H,26,29). The molecule has 30 heavy (non-hydrogen) atoms. The number of anilines is 2. The van der Waals surface area contributed by atoms with Gasteiger partial charge in [0.2, 0.25) is 5.91 Å². The Bertz CT molecular complexity index is 869. The predicted octanol–water partition coefficient (Wildman–Crippen LogP) is 4.18. The second-order valence-electron chi connectivity index (χ2n) is 7.11. The summed E-state index contributed by atoms with van der Waals surface area (Å²) in [6.07, 6.45) is 0.0970. The molecule has 0 fully saturated rings. The summed E-state index contributed by atoms with van der Waals surface area (Å²) in [5, 5.41) is 8.04. The van der Waals surface area contributed by atoms with Crippen molar-refractivity contribution >= 4 is 29.3 Å². The summed E-state index contributed by atoms with van der Waals surface area (Å²) in [7, 11) is 0. The van der Waals surface area contributed by atoms with Gasteiger partial charge in [0.25, 0.3) is 5.91 Å².